The largest absolute Gasteiger partial charge is 0.478 e. The molecule has 1 aromatic carbocycles. The second kappa shape index (κ2) is 6.07. The minimum atomic E-state index is -1.07. The quantitative estimate of drug-likeness (QED) is 0.841. The summed E-state index contributed by atoms with van der Waals surface area (Å²) in [4.78, 5) is 23.9. The Morgan fingerprint density at radius 3 is 2.78 bits per heavy atom. The Morgan fingerprint density at radius 1 is 1.56 bits per heavy atom. The van der Waals surface area contributed by atoms with Crippen molar-refractivity contribution < 1.29 is 14.7 Å². The first-order valence-corrected chi connectivity index (χ1v) is 5.73. The number of anilines is 1. The molecule has 18 heavy (non-hydrogen) atoms. The van der Waals surface area contributed by atoms with E-state index < -0.39 is 12.0 Å². The maximum absolute atomic E-state index is 11.6. The van der Waals surface area contributed by atoms with Gasteiger partial charge in [0.05, 0.1) is 12.1 Å². The summed E-state index contributed by atoms with van der Waals surface area (Å²) in [5.41, 5.74) is 0.469. The van der Waals surface area contributed by atoms with Crippen molar-refractivity contribution in [3.05, 3.63) is 28.2 Å². The normalized spacial score (nSPS) is 9.39. The Hall–Kier alpha value is -2.00. The molecular formula is C12H11BrN2O3. The van der Waals surface area contributed by atoms with E-state index in [1.807, 2.05) is 0 Å². The highest BCUT2D eigenvalue weighted by Crippen LogP contribution is 2.21. The lowest BCUT2D eigenvalue weighted by Gasteiger charge is -2.15. The molecule has 6 heteroatoms. The molecule has 0 unspecified atom stereocenters. The predicted octanol–water partition coefficient (Wildman–Crippen LogP) is 2.24. The highest BCUT2D eigenvalue weighted by molar-refractivity contribution is 9.10. The molecule has 5 nitrogen and oxygen atoms in total. The number of carboxylic acid groups (broad SMARTS) is 1. The van der Waals surface area contributed by atoms with Crippen molar-refractivity contribution in [3.8, 4) is 12.3 Å². The number of aromatic carboxylic acids is 1. The van der Waals surface area contributed by atoms with E-state index in [-0.39, 0.29) is 12.1 Å². The Kier molecular flexibility index (Phi) is 4.75. The number of amides is 2. The maximum Gasteiger partial charge on any atom is 0.336 e. The van der Waals surface area contributed by atoms with Crippen molar-refractivity contribution in [2.45, 2.75) is 0 Å². The lowest BCUT2D eigenvalue weighted by molar-refractivity contribution is 0.0696. The minimum absolute atomic E-state index is 0.0763. The van der Waals surface area contributed by atoms with Crippen LogP contribution >= 0.6 is 15.9 Å². The van der Waals surface area contributed by atoms with Gasteiger partial charge in [0.1, 0.15) is 0 Å². The molecule has 0 bridgehead atoms. The molecule has 2 N–H and O–H groups in total. The van der Waals surface area contributed by atoms with Crippen LogP contribution < -0.4 is 5.32 Å². The third-order valence-electron chi connectivity index (χ3n) is 2.12. The fraction of sp³-hybridized carbons (Fsp3) is 0.167. The van der Waals surface area contributed by atoms with Crippen molar-refractivity contribution in [3.63, 3.8) is 0 Å². The van der Waals surface area contributed by atoms with Crippen LogP contribution in [0.3, 0.4) is 0 Å². The molecule has 0 aromatic heterocycles. The Balaban J connectivity index is 2.86. The number of hydrogen-bond acceptors (Lipinski definition) is 2. The molecule has 2 amide bonds. The summed E-state index contributed by atoms with van der Waals surface area (Å²) in [6.45, 7) is 0.175. The number of urea groups is 1. The molecule has 0 aliphatic rings. The van der Waals surface area contributed by atoms with Crippen LogP contribution in [-0.4, -0.2) is 35.6 Å². The van der Waals surface area contributed by atoms with Crippen molar-refractivity contribution in [2.24, 2.45) is 0 Å². The van der Waals surface area contributed by atoms with Crippen LogP contribution in [0.1, 0.15) is 10.4 Å². The zero-order chi connectivity index (χ0) is 13.7. The molecule has 0 aliphatic heterocycles. The van der Waals surface area contributed by atoms with Crippen molar-refractivity contribution in [1.82, 2.24) is 4.90 Å². The summed E-state index contributed by atoms with van der Waals surface area (Å²) in [5, 5.41) is 11.5. The number of carbonyl (C=O) groups excluding carboxylic acids is 1. The van der Waals surface area contributed by atoms with Crippen LogP contribution in [0.15, 0.2) is 22.7 Å². The van der Waals surface area contributed by atoms with E-state index >= 15 is 0 Å². The van der Waals surface area contributed by atoms with Gasteiger partial charge in [-0.1, -0.05) is 5.92 Å². The number of hydrogen-bond donors (Lipinski definition) is 2. The Bertz CT molecular complexity index is 523. The van der Waals surface area contributed by atoms with E-state index in [9.17, 15) is 9.59 Å². The first kappa shape index (κ1) is 14.1. The van der Waals surface area contributed by atoms with Gasteiger partial charge < -0.3 is 15.3 Å². The van der Waals surface area contributed by atoms with Crippen LogP contribution in [0, 0.1) is 12.3 Å². The summed E-state index contributed by atoms with van der Waals surface area (Å²) in [6, 6.07) is 4.12. The smallest absolute Gasteiger partial charge is 0.336 e. The van der Waals surface area contributed by atoms with Gasteiger partial charge in [-0.05, 0) is 34.1 Å². The number of benzene rings is 1. The average molecular weight is 311 g/mol. The lowest BCUT2D eigenvalue weighted by Crippen LogP contribution is -2.31. The Labute approximate surface area is 113 Å². The summed E-state index contributed by atoms with van der Waals surface area (Å²) >= 11 is 3.12. The summed E-state index contributed by atoms with van der Waals surface area (Å²) < 4.78 is 0.449. The van der Waals surface area contributed by atoms with Gasteiger partial charge in [-0.15, -0.1) is 6.42 Å². The zero-order valence-electron chi connectivity index (χ0n) is 9.61. The number of nitrogens with one attached hydrogen (secondary N) is 1. The van der Waals surface area contributed by atoms with Gasteiger partial charge in [0, 0.05) is 17.2 Å². The molecule has 0 radical (unpaired) electrons. The van der Waals surface area contributed by atoms with Crippen molar-refractivity contribution in [1.29, 1.82) is 0 Å². The first-order chi connectivity index (χ1) is 8.45. The highest BCUT2D eigenvalue weighted by atomic mass is 79.9. The third-order valence-corrected chi connectivity index (χ3v) is 2.81. The second-order valence-corrected chi connectivity index (χ2v) is 4.34. The first-order valence-electron chi connectivity index (χ1n) is 4.94. The van der Waals surface area contributed by atoms with Crippen molar-refractivity contribution in [2.75, 3.05) is 18.9 Å². The van der Waals surface area contributed by atoms with Gasteiger partial charge in [-0.3, -0.25) is 0 Å². The molecule has 94 valence electrons. The standard InChI is InChI=1S/C12H11BrN2O3/c1-3-6-15(2)12(18)14-8-4-5-10(13)9(7-8)11(16)17/h1,4-5,7H,6H2,2H3,(H,14,18)(H,16,17). The molecule has 1 aromatic rings. The predicted molar refractivity (Wildman–Crippen MR) is 71.6 cm³/mol. The van der Waals surface area contributed by atoms with Crippen LogP contribution in [0.4, 0.5) is 10.5 Å². The number of carbonyl (C=O) groups is 2. The van der Waals surface area contributed by atoms with Crippen LogP contribution in [0.5, 0.6) is 0 Å². The van der Waals surface area contributed by atoms with E-state index in [4.69, 9.17) is 11.5 Å². The van der Waals surface area contributed by atoms with E-state index in [0.29, 0.717) is 10.2 Å². The molecule has 0 saturated heterocycles. The summed E-state index contributed by atoms with van der Waals surface area (Å²) in [7, 11) is 1.55. The van der Waals surface area contributed by atoms with Gasteiger partial charge in [0.15, 0.2) is 0 Å². The minimum Gasteiger partial charge on any atom is -0.478 e. The summed E-state index contributed by atoms with van der Waals surface area (Å²) in [6.07, 6.45) is 5.09. The van der Waals surface area contributed by atoms with E-state index in [0.717, 1.165) is 0 Å². The van der Waals surface area contributed by atoms with E-state index in [1.165, 1.54) is 11.0 Å². The van der Waals surface area contributed by atoms with Gasteiger partial charge in [0.2, 0.25) is 0 Å². The maximum atomic E-state index is 11.6. The SMILES string of the molecule is C#CCN(C)C(=O)Nc1ccc(Br)c(C(=O)O)c1. The van der Waals surface area contributed by atoms with E-state index in [2.05, 4.69) is 27.2 Å². The number of carboxylic acids is 1. The lowest BCUT2D eigenvalue weighted by atomic mass is 10.2. The molecule has 0 spiro atoms. The van der Waals surface area contributed by atoms with E-state index in [1.54, 1.807) is 19.2 Å². The number of nitrogens with zero attached hydrogens (tertiary/aromatic N) is 1. The molecule has 0 heterocycles. The van der Waals surface area contributed by atoms with Crippen LogP contribution in [0.25, 0.3) is 0 Å². The van der Waals surface area contributed by atoms with Crippen molar-refractivity contribution >= 4 is 33.6 Å². The molecule has 0 fully saturated rings. The zero-order valence-corrected chi connectivity index (χ0v) is 11.2. The van der Waals surface area contributed by atoms with Gasteiger partial charge >= 0.3 is 12.0 Å². The third kappa shape index (κ3) is 3.50. The molecule has 1 rings (SSSR count). The summed E-state index contributed by atoms with van der Waals surface area (Å²) in [5.74, 6) is 1.26. The van der Waals surface area contributed by atoms with Gasteiger partial charge in [0.25, 0.3) is 0 Å². The molecule has 0 aliphatic carbocycles. The molecule has 0 atom stereocenters. The van der Waals surface area contributed by atoms with Gasteiger partial charge in [-0.25, -0.2) is 9.59 Å². The fourth-order valence-electron chi connectivity index (χ4n) is 1.19. The average Bonchev–Trinajstić information content (AvgIpc) is 2.31. The highest BCUT2D eigenvalue weighted by Gasteiger charge is 2.12. The van der Waals surface area contributed by atoms with Crippen LogP contribution in [0.2, 0.25) is 0 Å². The van der Waals surface area contributed by atoms with Crippen LogP contribution in [-0.2, 0) is 0 Å². The topological polar surface area (TPSA) is 69.6 Å². The fourth-order valence-corrected chi connectivity index (χ4v) is 1.61. The Morgan fingerprint density at radius 2 is 2.22 bits per heavy atom. The second-order valence-electron chi connectivity index (χ2n) is 3.49. The number of halogens is 1. The molecule has 0 saturated carbocycles. The monoisotopic (exact) mass is 310 g/mol. The van der Waals surface area contributed by atoms with Gasteiger partial charge in [-0.2, -0.15) is 0 Å². The number of terminal acetylenes is 1. The molecular weight excluding hydrogens is 300 g/mol. The number of rotatable bonds is 3.